The van der Waals surface area contributed by atoms with Gasteiger partial charge in [-0.15, -0.1) is 0 Å². The van der Waals surface area contributed by atoms with Crippen LogP contribution in [0.3, 0.4) is 0 Å². The summed E-state index contributed by atoms with van der Waals surface area (Å²) in [5.74, 6) is -1.88. The van der Waals surface area contributed by atoms with Crippen molar-refractivity contribution in [2.75, 3.05) is 0 Å². The molecule has 0 bridgehead atoms. The SMILES string of the molecule is CCCCCCCCCCCCC(NC(=O)C(F)(F)F)c1coc([Si](C)(C)C)c1. The molecule has 0 aliphatic carbocycles. The number of rotatable bonds is 14. The smallest absolute Gasteiger partial charge is 0.471 e. The third-order valence-corrected chi connectivity index (χ3v) is 6.91. The summed E-state index contributed by atoms with van der Waals surface area (Å²) in [7, 11) is -1.70. The average molecular weight is 434 g/mol. The van der Waals surface area contributed by atoms with E-state index in [2.05, 4.69) is 31.9 Å². The van der Waals surface area contributed by atoms with Crippen molar-refractivity contribution >= 4 is 19.4 Å². The molecule has 7 heteroatoms. The van der Waals surface area contributed by atoms with Crippen LogP contribution in [-0.4, -0.2) is 20.2 Å². The van der Waals surface area contributed by atoms with Gasteiger partial charge in [0.05, 0.1) is 17.7 Å². The maximum absolute atomic E-state index is 12.7. The van der Waals surface area contributed by atoms with Crippen LogP contribution >= 0.6 is 0 Å². The summed E-state index contributed by atoms with van der Waals surface area (Å²) >= 11 is 0. The van der Waals surface area contributed by atoms with Gasteiger partial charge in [0.2, 0.25) is 0 Å². The third kappa shape index (κ3) is 10.4. The average Bonchev–Trinajstić information content (AvgIpc) is 3.11. The Kier molecular flexibility index (Phi) is 11.1. The Balaban J connectivity index is 2.49. The number of alkyl halides is 3. The topological polar surface area (TPSA) is 42.2 Å². The largest absolute Gasteiger partial charge is 0.474 e. The van der Waals surface area contributed by atoms with E-state index in [1.165, 1.54) is 44.8 Å². The molecule has 1 heterocycles. The van der Waals surface area contributed by atoms with Gasteiger partial charge in [0, 0.05) is 5.56 Å². The van der Waals surface area contributed by atoms with E-state index in [-0.39, 0.29) is 0 Å². The molecule has 0 aliphatic rings. The number of hydrogen-bond acceptors (Lipinski definition) is 2. The van der Waals surface area contributed by atoms with Crippen molar-refractivity contribution in [3.8, 4) is 0 Å². The lowest BCUT2D eigenvalue weighted by molar-refractivity contribution is -0.174. The molecule has 1 aromatic heterocycles. The molecule has 1 aromatic rings. The number of nitrogens with one attached hydrogen (secondary N) is 1. The maximum Gasteiger partial charge on any atom is 0.471 e. The Morgan fingerprint density at radius 3 is 1.97 bits per heavy atom. The van der Waals surface area contributed by atoms with Gasteiger partial charge < -0.3 is 9.73 Å². The predicted octanol–water partition coefficient (Wildman–Crippen LogP) is 6.86. The van der Waals surface area contributed by atoms with Crippen LogP contribution in [0.25, 0.3) is 0 Å². The summed E-state index contributed by atoms with van der Waals surface area (Å²) in [6.07, 6.45) is 8.75. The molecular weight excluding hydrogens is 395 g/mol. The number of carbonyl (C=O) groups excluding carboxylic acids is 1. The Morgan fingerprint density at radius 2 is 1.52 bits per heavy atom. The van der Waals surface area contributed by atoms with E-state index in [1.807, 2.05) is 6.07 Å². The summed E-state index contributed by atoms with van der Waals surface area (Å²) < 4.78 is 43.8. The normalized spacial score (nSPS) is 13.5. The van der Waals surface area contributed by atoms with Gasteiger partial charge in [0.1, 0.15) is 8.07 Å². The van der Waals surface area contributed by atoms with Crippen LogP contribution in [0.15, 0.2) is 16.7 Å². The lowest BCUT2D eigenvalue weighted by Crippen LogP contribution is -2.39. The van der Waals surface area contributed by atoms with Crippen LogP contribution < -0.4 is 10.7 Å². The molecular formula is C22H38F3NO2Si. The lowest BCUT2D eigenvalue weighted by atomic mass is 10.0. The van der Waals surface area contributed by atoms with Crippen molar-refractivity contribution in [1.29, 1.82) is 0 Å². The molecule has 0 saturated heterocycles. The van der Waals surface area contributed by atoms with Crippen molar-refractivity contribution in [3.05, 3.63) is 17.9 Å². The first-order valence-electron chi connectivity index (χ1n) is 11.0. The molecule has 1 amide bonds. The van der Waals surface area contributed by atoms with E-state index < -0.39 is 26.2 Å². The molecule has 29 heavy (non-hydrogen) atoms. The Bertz CT molecular complexity index is 594. The fourth-order valence-corrected chi connectivity index (χ4v) is 4.34. The maximum atomic E-state index is 12.7. The number of carbonyl (C=O) groups is 1. The highest BCUT2D eigenvalue weighted by molar-refractivity contribution is 6.87. The highest BCUT2D eigenvalue weighted by atomic mass is 28.3. The van der Waals surface area contributed by atoms with Gasteiger partial charge in [-0.1, -0.05) is 90.8 Å². The van der Waals surface area contributed by atoms with Crippen molar-refractivity contribution in [2.24, 2.45) is 0 Å². The zero-order valence-corrected chi connectivity index (χ0v) is 19.5. The molecule has 0 fully saturated rings. The summed E-state index contributed by atoms with van der Waals surface area (Å²) in [5, 5.41) is 3.00. The Labute approximate surface area is 174 Å². The second-order valence-electron chi connectivity index (χ2n) is 8.99. The van der Waals surface area contributed by atoms with E-state index in [4.69, 9.17) is 4.42 Å². The van der Waals surface area contributed by atoms with Crippen LogP contribution in [-0.2, 0) is 4.79 Å². The van der Waals surface area contributed by atoms with Crippen molar-refractivity contribution in [2.45, 2.75) is 109 Å². The zero-order chi connectivity index (χ0) is 21.9. The molecule has 0 saturated carbocycles. The standard InChI is InChI=1S/C22H38F3NO2Si/c1-5-6-7-8-9-10-11-12-13-14-15-19(26-21(27)22(23,24)25)18-16-20(28-17-18)29(2,3)4/h16-17,19H,5-15H2,1-4H3,(H,26,27). The molecule has 0 radical (unpaired) electrons. The number of amides is 1. The summed E-state index contributed by atoms with van der Waals surface area (Å²) in [6, 6.07) is 1.16. The van der Waals surface area contributed by atoms with Crippen LogP contribution in [0, 0.1) is 0 Å². The molecule has 0 spiro atoms. The molecule has 1 atom stereocenters. The van der Waals surface area contributed by atoms with E-state index in [0.717, 1.165) is 31.1 Å². The first-order valence-corrected chi connectivity index (χ1v) is 14.5. The fourth-order valence-electron chi connectivity index (χ4n) is 3.33. The van der Waals surface area contributed by atoms with Crippen LogP contribution in [0.2, 0.25) is 19.6 Å². The Morgan fingerprint density at radius 1 is 1.00 bits per heavy atom. The molecule has 3 nitrogen and oxygen atoms in total. The predicted molar refractivity (Wildman–Crippen MR) is 115 cm³/mol. The van der Waals surface area contributed by atoms with Gasteiger partial charge in [0.25, 0.3) is 0 Å². The highest BCUT2D eigenvalue weighted by Gasteiger charge is 2.40. The fraction of sp³-hybridized carbons (Fsp3) is 0.773. The summed E-state index contributed by atoms with van der Waals surface area (Å²) in [6.45, 7) is 8.54. The van der Waals surface area contributed by atoms with E-state index in [9.17, 15) is 18.0 Å². The summed E-state index contributed by atoms with van der Waals surface area (Å²) in [4.78, 5) is 11.5. The Hall–Kier alpha value is -1.24. The van der Waals surface area contributed by atoms with E-state index in [0.29, 0.717) is 12.0 Å². The number of hydrogen-bond donors (Lipinski definition) is 1. The molecule has 0 aliphatic heterocycles. The van der Waals surface area contributed by atoms with E-state index in [1.54, 1.807) is 0 Å². The molecule has 1 N–H and O–H groups in total. The van der Waals surface area contributed by atoms with Gasteiger partial charge in [-0.05, 0) is 12.5 Å². The second kappa shape index (κ2) is 12.5. The lowest BCUT2D eigenvalue weighted by Gasteiger charge is -2.18. The molecule has 168 valence electrons. The van der Waals surface area contributed by atoms with Crippen LogP contribution in [0.1, 0.15) is 89.2 Å². The number of unbranched alkanes of at least 4 members (excludes halogenated alkanes) is 9. The number of halogens is 3. The van der Waals surface area contributed by atoms with Crippen molar-refractivity contribution < 1.29 is 22.4 Å². The zero-order valence-electron chi connectivity index (χ0n) is 18.5. The second-order valence-corrected chi connectivity index (χ2v) is 14.0. The minimum atomic E-state index is -4.87. The third-order valence-electron chi connectivity index (χ3n) is 5.17. The minimum Gasteiger partial charge on any atom is -0.474 e. The quantitative estimate of drug-likeness (QED) is 0.257. The molecule has 1 unspecified atom stereocenters. The van der Waals surface area contributed by atoms with Gasteiger partial charge in [-0.2, -0.15) is 13.2 Å². The van der Waals surface area contributed by atoms with Gasteiger partial charge in [-0.25, -0.2) is 0 Å². The van der Waals surface area contributed by atoms with Gasteiger partial charge in [-0.3, -0.25) is 4.79 Å². The monoisotopic (exact) mass is 433 g/mol. The minimum absolute atomic E-state index is 0.489. The first kappa shape index (κ1) is 25.8. The van der Waals surface area contributed by atoms with E-state index >= 15 is 0 Å². The highest BCUT2D eigenvalue weighted by Crippen LogP contribution is 2.24. The van der Waals surface area contributed by atoms with Crippen molar-refractivity contribution in [1.82, 2.24) is 5.32 Å². The molecule has 1 rings (SSSR count). The summed E-state index contributed by atoms with van der Waals surface area (Å²) in [5.41, 5.74) is 0.635. The van der Waals surface area contributed by atoms with Crippen molar-refractivity contribution in [3.63, 3.8) is 0 Å². The van der Waals surface area contributed by atoms with Crippen LogP contribution in [0.5, 0.6) is 0 Å². The first-order chi connectivity index (χ1) is 13.6. The van der Waals surface area contributed by atoms with Gasteiger partial charge >= 0.3 is 12.1 Å². The van der Waals surface area contributed by atoms with Gasteiger partial charge in [0.15, 0.2) is 0 Å². The van der Waals surface area contributed by atoms with Crippen LogP contribution in [0.4, 0.5) is 13.2 Å². The molecule has 0 aromatic carbocycles. The number of furan rings is 1.